The first-order valence-electron chi connectivity index (χ1n) is 7.67. The maximum absolute atomic E-state index is 12.1. The zero-order valence-corrected chi connectivity index (χ0v) is 13.6. The molecule has 2 aromatic rings. The molecule has 0 atom stereocenters. The van der Waals surface area contributed by atoms with Gasteiger partial charge in [-0.05, 0) is 48.9 Å². The second kappa shape index (κ2) is 8.41. The molecule has 0 spiro atoms. The molecule has 0 fully saturated rings. The summed E-state index contributed by atoms with van der Waals surface area (Å²) in [6, 6.07) is 12.8. The molecule has 0 radical (unpaired) electrons. The van der Waals surface area contributed by atoms with Crippen LogP contribution < -0.4 is 14.8 Å². The van der Waals surface area contributed by atoms with Gasteiger partial charge in [-0.25, -0.2) is 0 Å². The average Bonchev–Trinajstić information content (AvgIpc) is 2.59. The molecule has 0 saturated carbocycles. The van der Waals surface area contributed by atoms with E-state index in [0.717, 1.165) is 5.56 Å². The number of alkyl halides is 3. The molecule has 25 heavy (non-hydrogen) atoms. The van der Waals surface area contributed by atoms with Crippen molar-refractivity contribution in [2.24, 2.45) is 0 Å². The van der Waals surface area contributed by atoms with Gasteiger partial charge in [-0.2, -0.15) is 13.2 Å². The van der Waals surface area contributed by atoms with Gasteiger partial charge in [0.25, 0.3) is 5.91 Å². The minimum atomic E-state index is -4.37. The zero-order valence-electron chi connectivity index (χ0n) is 13.6. The van der Waals surface area contributed by atoms with Crippen molar-refractivity contribution in [2.75, 3.05) is 13.2 Å². The van der Waals surface area contributed by atoms with Gasteiger partial charge in [0.1, 0.15) is 11.5 Å². The smallest absolute Gasteiger partial charge is 0.422 e. The van der Waals surface area contributed by atoms with E-state index in [1.807, 2.05) is 6.92 Å². The summed E-state index contributed by atoms with van der Waals surface area (Å²) in [6.07, 6.45) is -4.37. The van der Waals surface area contributed by atoms with Gasteiger partial charge in [-0.3, -0.25) is 4.79 Å². The summed E-state index contributed by atoms with van der Waals surface area (Å²) in [5.74, 6) is 0.563. The highest BCUT2D eigenvalue weighted by molar-refractivity contribution is 5.94. The second-order valence-electron chi connectivity index (χ2n) is 5.19. The third kappa shape index (κ3) is 6.37. The molecular formula is C18H18F3NO3. The number of halogens is 3. The summed E-state index contributed by atoms with van der Waals surface area (Å²) < 4.78 is 46.2. The van der Waals surface area contributed by atoms with E-state index < -0.39 is 12.8 Å². The number of amides is 1. The first-order chi connectivity index (χ1) is 11.9. The van der Waals surface area contributed by atoms with Gasteiger partial charge >= 0.3 is 6.18 Å². The highest BCUT2D eigenvalue weighted by atomic mass is 19.4. The van der Waals surface area contributed by atoms with Crippen molar-refractivity contribution >= 4 is 5.91 Å². The van der Waals surface area contributed by atoms with Crippen LogP contribution in [0.25, 0.3) is 0 Å². The molecule has 2 aromatic carbocycles. The van der Waals surface area contributed by atoms with E-state index in [9.17, 15) is 18.0 Å². The normalized spacial score (nSPS) is 11.0. The quantitative estimate of drug-likeness (QED) is 0.820. The van der Waals surface area contributed by atoms with Crippen LogP contribution in [0, 0.1) is 0 Å². The van der Waals surface area contributed by atoms with Crippen molar-refractivity contribution in [3.8, 4) is 11.5 Å². The van der Waals surface area contributed by atoms with Crippen LogP contribution in [0.1, 0.15) is 22.8 Å². The van der Waals surface area contributed by atoms with Crippen LogP contribution >= 0.6 is 0 Å². The summed E-state index contributed by atoms with van der Waals surface area (Å²) in [4.78, 5) is 12.1. The Balaban J connectivity index is 1.85. The van der Waals surface area contributed by atoms with Crippen molar-refractivity contribution in [1.29, 1.82) is 0 Å². The first-order valence-corrected chi connectivity index (χ1v) is 7.67. The minimum absolute atomic E-state index is 0.124. The molecule has 0 aliphatic carbocycles. The van der Waals surface area contributed by atoms with Gasteiger partial charge < -0.3 is 14.8 Å². The third-order valence-corrected chi connectivity index (χ3v) is 3.21. The van der Waals surface area contributed by atoms with Crippen LogP contribution in [0.3, 0.4) is 0 Å². The maximum Gasteiger partial charge on any atom is 0.422 e. The maximum atomic E-state index is 12.1. The molecular weight excluding hydrogens is 335 g/mol. The number of rotatable bonds is 7. The monoisotopic (exact) mass is 353 g/mol. The van der Waals surface area contributed by atoms with Gasteiger partial charge in [0.05, 0.1) is 6.61 Å². The zero-order chi connectivity index (χ0) is 18.3. The summed E-state index contributed by atoms with van der Waals surface area (Å²) in [5.41, 5.74) is 1.24. The topological polar surface area (TPSA) is 47.6 Å². The molecule has 0 saturated heterocycles. The van der Waals surface area contributed by atoms with Gasteiger partial charge in [-0.1, -0.05) is 12.1 Å². The van der Waals surface area contributed by atoms with Crippen LogP contribution in [0.2, 0.25) is 0 Å². The molecule has 4 nitrogen and oxygen atoms in total. The van der Waals surface area contributed by atoms with Crippen molar-refractivity contribution in [2.45, 2.75) is 19.6 Å². The summed E-state index contributed by atoms with van der Waals surface area (Å²) in [5, 5.41) is 2.74. The second-order valence-corrected chi connectivity index (χ2v) is 5.19. The Morgan fingerprint density at radius 2 is 1.52 bits per heavy atom. The Morgan fingerprint density at radius 1 is 0.960 bits per heavy atom. The van der Waals surface area contributed by atoms with Crippen LogP contribution in [0.4, 0.5) is 13.2 Å². The van der Waals surface area contributed by atoms with E-state index in [1.54, 1.807) is 36.4 Å². The van der Waals surface area contributed by atoms with Crippen LogP contribution in [0.5, 0.6) is 11.5 Å². The van der Waals surface area contributed by atoms with Crippen molar-refractivity contribution in [3.05, 3.63) is 59.7 Å². The summed E-state index contributed by atoms with van der Waals surface area (Å²) in [6.45, 7) is 1.35. The predicted molar refractivity (Wildman–Crippen MR) is 86.8 cm³/mol. The van der Waals surface area contributed by atoms with E-state index in [2.05, 4.69) is 10.1 Å². The number of carbonyl (C=O) groups is 1. The van der Waals surface area contributed by atoms with E-state index in [4.69, 9.17) is 4.74 Å². The number of carbonyl (C=O) groups excluding carboxylic acids is 1. The average molecular weight is 353 g/mol. The fraction of sp³-hybridized carbons (Fsp3) is 0.278. The molecule has 0 aliphatic heterocycles. The van der Waals surface area contributed by atoms with Crippen LogP contribution in [-0.2, 0) is 6.54 Å². The fourth-order valence-electron chi connectivity index (χ4n) is 2.02. The largest absolute Gasteiger partial charge is 0.494 e. The highest BCUT2D eigenvalue weighted by Crippen LogP contribution is 2.19. The standard InChI is InChI=1S/C18H18F3NO3/c1-2-24-15-9-5-14(6-10-15)17(23)22-11-13-3-7-16(8-4-13)25-12-18(19,20)21/h3-10H,2,11-12H2,1H3,(H,22,23). The minimum Gasteiger partial charge on any atom is -0.494 e. The van der Waals surface area contributed by atoms with Gasteiger partial charge in [0.15, 0.2) is 6.61 Å². The van der Waals surface area contributed by atoms with Gasteiger partial charge in [-0.15, -0.1) is 0 Å². The van der Waals surface area contributed by atoms with Gasteiger partial charge in [0, 0.05) is 12.1 Å². The van der Waals surface area contributed by atoms with Crippen LogP contribution in [0.15, 0.2) is 48.5 Å². The number of benzene rings is 2. The Bertz CT molecular complexity index is 682. The lowest BCUT2D eigenvalue weighted by molar-refractivity contribution is -0.153. The van der Waals surface area contributed by atoms with Crippen molar-refractivity contribution < 1.29 is 27.4 Å². The summed E-state index contributed by atoms with van der Waals surface area (Å²) in [7, 11) is 0. The number of ether oxygens (including phenoxy) is 2. The lowest BCUT2D eigenvalue weighted by atomic mass is 10.2. The molecule has 1 amide bonds. The molecule has 2 rings (SSSR count). The lowest BCUT2D eigenvalue weighted by Gasteiger charge is -2.10. The predicted octanol–water partition coefficient (Wildman–Crippen LogP) is 3.96. The lowest BCUT2D eigenvalue weighted by Crippen LogP contribution is -2.22. The van der Waals surface area contributed by atoms with E-state index >= 15 is 0 Å². The first kappa shape index (κ1) is 18.6. The van der Waals surface area contributed by atoms with E-state index in [1.165, 1.54) is 12.1 Å². The Hall–Kier alpha value is -2.70. The Kier molecular flexibility index (Phi) is 6.27. The SMILES string of the molecule is CCOc1ccc(C(=O)NCc2ccc(OCC(F)(F)F)cc2)cc1. The molecule has 0 bridgehead atoms. The molecule has 0 unspecified atom stereocenters. The fourth-order valence-corrected chi connectivity index (χ4v) is 2.02. The Labute approximate surface area is 143 Å². The van der Waals surface area contributed by atoms with Crippen molar-refractivity contribution in [1.82, 2.24) is 5.32 Å². The Morgan fingerprint density at radius 3 is 2.08 bits per heavy atom. The molecule has 134 valence electrons. The van der Waals surface area contributed by atoms with Crippen LogP contribution in [-0.4, -0.2) is 25.3 Å². The molecule has 0 aliphatic rings. The molecule has 0 heterocycles. The van der Waals surface area contributed by atoms with E-state index in [0.29, 0.717) is 17.9 Å². The number of nitrogens with one attached hydrogen (secondary N) is 1. The van der Waals surface area contributed by atoms with Crippen molar-refractivity contribution in [3.63, 3.8) is 0 Å². The molecule has 1 N–H and O–H groups in total. The number of hydrogen-bond donors (Lipinski definition) is 1. The summed E-state index contributed by atoms with van der Waals surface area (Å²) >= 11 is 0. The third-order valence-electron chi connectivity index (χ3n) is 3.21. The highest BCUT2D eigenvalue weighted by Gasteiger charge is 2.28. The molecule has 7 heteroatoms. The van der Waals surface area contributed by atoms with E-state index in [-0.39, 0.29) is 18.2 Å². The van der Waals surface area contributed by atoms with Gasteiger partial charge in [0.2, 0.25) is 0 Å². The number of hydrogen-bond acceptors (Lipinski definition) is 3. The molecule has 0 aromatic heterocycles.